The fourth-order valence-corrected chi connectivity index (χ4v) is 4.28. The van der Waals surface area contributed by atoms with Gasteiger partial charge in [-0.15, -0.1) is 0 Å². The lowest BCUT2D eigenvalue weighted by Crippen LogP contribution is -2.55. The summed E-state index contributed by atoms with van der Waals surface area (Å²) in [6.45, 7) is 13.1. The maximum atomic E-state index is 13.3. The Morgan fingerprint density at radius 3 is 2.00 bits per heavy atom. The Morgan fingerprint density at radius 2 is 1.55 bits per heavy atom. The van der Waals surface area contributed by atoms with Gasteiger partial charge in [0, 0.05) is 38.6 Å². The van der Waals surface area contributed by atoms with Crippen molar-refractivity contribution in [2.75, 3.05) is 45.2 Å². The molecule has 7 nitrogen and oxygen atoms in total. The van der Waals surface area contributed by atoms with Gasteiger partial charge in [-0.25, -0.2) is 0 Å². The molecule has 0 aliphatic rings. The zero-order chi connectivity index (χ0) is 22.6. The molecule has 0 aromatic carbocycles. The molecule has 29 heavy (non-hydrogen) atoms. The van der Waals surface area contributed by atoms with Crippen molar-refractivity contribution in [3.05, 3.63) is 0 Å². The maximum absolute atomic E-state index is 13.3. The lowest BCUT2D eigenvalue weighted by Gasteiger charge is -2.34. The Kier molecular flexibility index (Phi) is 14.0. The molecule has 0 fully saturated rings. The van der Waals surface area contributed by atoms with Gasteiger partial charge in [-0.2, -0.15) is 11.8 Å². The van der Waals surface area contributed by atoms with Crippen LogP contribution in [0.1, 0.15) is 53.9 Å². The minimum atomic E-state index is -0.666. The molecular formula is C21H42N4O3S. The molecule has 8 heteroatoms. The summed E-state index contributed by atoms with van der Waals surface area (Å²) < 4.78 is 0. The van der Waals surface area contributed by atoms with E-state index in [0.29, 0.717) is 18.6 Å². The molecule has 0 aliphatic carbocycles. The number of nitrogens with two attached hydrogens (primary N) is 1. The highest BCUT2D eigenvalue weighted by molar-refractivity contribution is 7.99. The van der Waals surface area contributed by atoms with Crippen molar-refractivity contribution in [2.45, 2.75) is 66.0 Å². The molecule has 0 radical (unpaired) electrons. The van der Waals surface area contributed by atoms with Gasteiger partial charge < -0.3 is 20.4 Å². The van der Waals surface area contributed by atoms with Crippen molar-refractivity contribution < 1.29 is 14.4 Å². The molecule has 2 N–H and O–H groups in total. The smallest absolute Gasteiger partial charge is 0.246 e. The van der Waals surface area contributed by atoms with Gasteiger partial charge in [0.2, 0.25) is 17.7 Å². The highest BCUT2D eigenvalue weighted by Crippen LogP contribution is 2.17. The molecule has 0 aromatic heterocycles. The van der Waals surface area contributed by atoms with E-state index in [4.69, 9.17) is 5.73 Å². The lowest BCUT2D eigenvalue weighted by molar-refractivity contribution is -0.146. The number of rotatable bonds is 15. The van der Waals surface area contributed by atoms with Gasteiger partial charge >= 0.3 is 0 Å². The van der Waals surface area contributed by atoms with Gasteiger partial charge in [-0.3, -0.25) is 14.4 Å². The van der Waals surface area contributed by atoms with Crippen LogP contribution in [-0.2, 0) is 14.4 Å². The third kappa shape index (κ3) is 9.85. The molecule has 3 amide bonds. The minimum absolute atomic E-state index is 0.0527. The molecule has 0 spiro atoms. The van der Waals surface area contributed by atoms with E-state index >= 15 is 0 Å². The summed E-state index contributed by atoms with van der Waals surface area (Å²) >= 11 is 1.66. The first-order valence-corrected chi connectivity index (χ1v) is 11.9. The SMILES string of the molecule is CCCC(=O)N(C)[C@H](CSCCN(CC)CC)C(=O)N(C)[C@@H](CC(C)C)C(N)=O. The van der Waals surface area contributed by atoms with E-state index in [1.807, 2.05) is 20.8 Å². The monoisotopic (exact) mass is 430 g/mol. The van der Waals surface area contributed by atoms with Gasteiger partial charge in [0.15, 0.2) is 0 Å². The van der Waals surface area contributed by atoms with Gasteiger partial charge in [-0.1, -0.05) is 34.6 Å². The number of hydrogen-bond donors (Lipinski definition) is 1. The number of primary amides is 1. The summed E-state index contributed by atoms with van der Waals surface area (Å²) in [4.78, 5) is 43.0. The first kappa shape index (κ1) is 27.7. The Labute approximate surface area is 181 Å². The topological polar surface area (TPSA) is 87.0 Å². The second kappa shape index (κ2) is 14.7. The van der Waals surface area contributed by atoms with Crippen molar-refractivity contribution in [3.63, 3.8) is 0 Å². The standard InChI is InChI=1S/C21H42N4O3S/c1-8-11-19(26)23(6)18(15-29-13-12-25(9-2)10-3)21(28)24(7)17(20(22)27)14-16(4)5/h16-18H,8-15H2,1-7H3,(H2,22,27)/t17-,18+/m0/s1. The second-order valence-corrected chi connectivity index (χ2v) is 9.02. The predicted molar refractivity (Wildman–Crippen MR) is 122 cm³/mol. The fraction of sp³-hybridized carbons (Fsp3) is 0.857. The summed E-state index contributed by atoms with van der Waals surface area (Å²) in [7, 11) is 3.30. The van der Waals surface area contributed by atoms with E-state index in [1.165, 1.54) is 4.90 Å². The Hall–Kier alpha value is -1.28. The zero-order valence-electron chi connectivity index (χ0n) is 19.4. The van der Waals surface area contributed by atoms with Crippen LogP contribution in [-0.4, -0.2) is 89.7 Å². The molecule has 0 aliphatic heterocycles. The van der Waals surface area contributed by atoms with Crippen LogP contribution in [0.25, 0.3) is 0 Å². The van der Waals surface area contributed by atoms with Gasteiger partial charge in [0.05, 0.1) is 0 Å². The average molecular weight is 431 g/mol. The van der Waals surface area contributed by atoms with Crippen LogP contribution < -0.4 is 5.73 Å². The summed E-state index contributed by atoms with van der Waals surface area (Å²) in [6.07, 6.45) is 1.64. The van der Waals surface area contributed by atoms with Crippen LogP contribution in [0.3, 0.4) is 0 Å². The molecular weight excluding hydrogens is 388 g/mol. The van der Waals surface area contributed by atoms with E-state index < -0.39 is 18.0 Å². The first-order chi connectivity index (χ1) is 13.6. The Balaban J connectivity index is 5.30. The predicted octanol–water partition coefficient (Wildman–Crippen LogP) is 2.05. The molecule has 2 atom stereocenters. The van der Waals surface area contributed by atoms with E-state index in [0.717, 1.165) is 31.8 Å². The van der Waals surface area contributed by atoms with E-state index in [2.05, 4.69) is 18.7 Å². The Morgan fingerprint density at radius 1 is 0.966 bits per heavy atom. The number of hydrogen-bond acceptors (Lipinski definition) is 5. The lowest BCUT2D eigenvalue weighted by atomic mass is 10.0. The zero-order valence-corrected chi connectivity index (χ0v) is 20.3. The summed E-state index contributed by atoms with van der Waals surface area (Å²) in [6, 6.07) is -1.27. The second-order valence-electron chi connectivity index (χ2n) is 7.87. The first-order valence-electron chi connectivity index (χ1n) is 10.7. The van der Waals surface area contributed by atoms with E-state index in [1.54, 1.807) is 30.8 Å². The summed E-state index contributed by atoms with van der Waals surface area (Å²) in [5, 5.41) is 0. The van der Waals surface area contributed by atoms with Crippen molar-refractivity contribution >= 4 is 29.5 Å². The van der Waals surface area contributed by atoms with Gasteiger partial charge in [0.1, 0.15) is 12.1 Å². The maximum Gasteiger partial charge on any atom is 0.246 e. The third-order valence-corrected chi connectivity index (χ3v) is 6.19. The highest BCUT2D eigenvalue weighted by atomic mass is 32.2. The molecule has 0 aromatic rings. The summed E-state index contributed by atoms with van der Waals surface area (Å²) in [5.41, 5.74) is 5.57. The van der Waals surface area contributed by atoms with Crippen LogP contribution >= 0.6 is 11.8 Å². The third-order valence-electron chi connectivity index (χ3n) is 5.17. The number of thioether (sulfide) groups is 1. The number of carbonyl (C=O) groups excluding carboxylic acids is 3. The molecule has 0 unspecified atom stereocenters. The van der Waals surface area contributed by atoms with Crippen molar-refractivity contribution in [1.29, 1.82) is 0 Å². The Bertz CT molecular complexity index is 512. The fourth-order valence-electron chi connectivity index (χ4n) is 3.14. The van der Waals surface area contributed by atoms with Crippen LogP contribution in [0.15, 0.2) is 0 Å². The van der Waals surface area contributed by atoms with Crippen molar-refractivity contribution in [1.82, 2.24) is 14.7 Å². The van der Waals surface area contributed by atoms with E-state index in [9.17, 15) is 14.4 Å². The largest absolute Gasteiger partial charge is 0.368 e. The van der Waals surface area contributed by atoms with Crippen LogP contribution in [0.4, 0.5) is 0 Å². The number of amides is 3. The minimum Gasteiger partial charge on any atom is -0.368 e. The number of carbonyl (C=O) groups is 3. The molecule has 0 saturated carbocycles. The van der Waals surface area contributed by atoms with Gasteiger partial charge in [-0.05, 0) is 31.8 Å². The van der Waals surface area contributed by atoms with E-state index in [-0.39, 0.29) is 17.7 Å². The molecule has 0 bridgehead atoms. The molecule has 0 saturated heterocycles. The molecule has 170 valence electrons. The van der Waals surface area contributed by atoms with Crippen LogP contribution in [0, 0.1) is 5.92 Å². The van der Waals surface area contributed by atoms with Crippen LogP contribution in [0.2, 0.25) is 0 Å². The van der Waals surface area contributed by atoms with Crippen molar-refractivity contribution in [2.24, 2.45) is 11.7 Å². The van der Waals surface area contributed by atoms with Gasteiger partial charge in [0.25, 0.3) is 0 Å². The average Bonchev–Trinajstić information content (AvgIpc) is 2.67. The van der Waals surface area contributed by atoms with Crippen LogP contribution in [0.5, 0.6) is 0 Å². The number of likely N-dealkylation sites (N-methyl/N-ethyl adjacent to an activating group) is 2. The summed E-state index contributed by atoms with van der Waals surface area (Å²) in [5.74, 6) is 0.828. The highest BCUT2D eigenvalue weighted by Gasteiger charge is 2.34. The molecule has 0 heterocycles. The quantitative estimate of drug-likeness (QED) is 0.402. The normalized spacial score (nSPS) is 13.4. The molecule has 0 rings (SSSR count). The van der Waals surface area contributed by atoms with Crippen molar-refractivity contribution in [3.8, 4) is 0 Å². The number of nitrogens with zero attached hydrogens (tertiary/aromatic N) is 3.